The fraction of sp³-hybridized carbons (Fsp3) is 0.400. The molecule has 178 valence electrons. The maximum atomic E-state index is 12.9. The fourth-order valence-electron chi connectivity index (χ4n) is 3.34. The van der Waals surface area contributed by atoms with Crippen molar-refractivity contribution in [3.63, 3.8) is 0 Å². The highest BCUT2D eigenvalue weighted by molar-refractivity contribution is 5.87. The third-order valence-electron chi connectivity index (χ3n) is 5.04. The van der Waals surface area contributed by atoms with Crippen LogP contribution in [0.2, 0.25) is 0 Å². The molecule has 2 amide bonds. The molecule has 2 aromatic rings. The molecule has 0 radical (unpaired) electrons. The van der Waals surface area contributed by atoms with Gasteiger partial charge in [-0.25, -0.2) is 9.59 Å². The molecule has 8 heteroatoms. The summed E-state index contributed by atoms with van der Waals surface area (Å²) in [6, 6.07) is 15.6. The van der Waals surface area contributed by atoms with E-state index < -0.39 is 47.7 Å². The summed E-state index contributed by atoms with van der Waals surface area (Å²) in [4.78, 5) is 37.1. The van der Waals surface area contributed by atoms with Crippen molar-refractivity contribution in [2.24, 2.45) is 0 Å². The van der Waals surface area contributed by atoms with Crippen molar-refractivity contribution in [2.45, 2.75) is 63.8 Å². The van der Waals surface area contributed by atoms with Crippen LogP contribution in [-0.4, -0.2) is 52.0 Å². The van der Waals surface area contributed by atoms with E-state index in [0.29, 0.717) is 0 Å². The Morgan fingerprint density at radius 2 is 1.48 bits per heavy atom. The van der Waals surface area contributed by atoms with Gasteiger partial charge in [-0.05, 0) is 38.3 Å². The van der Waals surface area contributed by atoms with Crippen molar-refractivity contribution in [3.05, 3.63) is 71.8 Å². The number of carbonyl (C=O) groups excluding carboxylic acids is 2. The second-order valence-electron chi connectivity index (χ2n) is 8.91. The van der Waals surface area contributed by atoms with E-state index >= 15 is 0 Å². The number of carbonyl (C=O) groups is 3. The SMILES string of the molecule is CC(c1ccccc1)C(NC(=O)[C@@H](O)[C@@H](Cc1ccccc1)NC(=O)OC(C)(C)C)C(=O)O. The molecule has 0 saturated carbocycles. The van der Waals surface area contributed by atoms with Crippen molar-refractivity contribution >= 4 is 18.0 Å². The molecule has 0 bridgehead atoms. The molecule has 33 heavy (non-hydrogen) atoms. The van der Waals surface area contributed by atoms with E-state index in [4.69, 9.17) is 4.74 Å². The number of aliphatic hydroxyl groups excluding tert-OH is 1. The minimum absolute atomic E-state index is 0.140. The summed E-state index contributed by atoms with van der Waals surface area (Å²) < 4.78 is 5.26. The Hall–Kier alpha value is -3.39. The number of hydrogen-bond donors (Lipinski definition) is 4. The number of aliphatic carboxylic acids is 1. The number of hydrogen-bond acceptors (Lipinski definition) is 5. The molecular formula is C25H32N2O6. The topological polar surface area (TPSA) is 125 Å². The largest absolute Gasteiger partial charge is 0.480 e. The standard InChI is InChI=1S/C25H32N2O6/c1-16(18-13-9-6-10-14-18)20(23(30)31)27-22(29)21(28)19(15-17-11-7-5-8-12-17)26-24(32)33-25(2,3)4/h5-14,16,19-21,28H,15H2,1-4H3,(H,26,32)(H,27,29)(H,30,31)/t16?,19-,20?,21+/m1/s1. The smallest absolute Gasteiger partial charge is 0.407 e. The van der Waals surface area contributed by atoms with Crippen LogP contribution in [0.3, 0.4) is 0 Å². The summed E-state index contributed by atoms with van der Waals surface area (Å²) in [5.74, 6) is -2.68. The second-order valence-corrected chi connectivity index (χ2v) is 8.91. The van der Waals surface area contributed by atoms with Gasteiger partial charge in [0.15, 0.2) is 6.10 Å². The van der Waals surface area contributed by atoms with Crippen LogP contribution in [0.25, 0.3) is 0 Å². The molecule has 0 saturated heterocycles. The van der Waals surface area contributed by atoms with Crippen molar-refractivity contribution in [1.82, 2.24) is 10.6 Å². The average molecular weight is 457 g/mol. The zero-order valence-corrected chi connectivity index (χ0v) is 19.3. The Labute approximate surface area is 194 Å². The van der Waals surface area contributed by atoms with E-state index in [2.05, 4.69) is 10.6 Å². The predicted molar refractivity (Wildman–Crippen MR) is 124 cm³/mol. The molecule has 4 N–H and O–H groups in total. The van der Waals surface area contributed by atoms with Gasteiger partial charge in [0, 0.05) is 5.92 Å². The summed E-state index contributed by atoms with van der Waals surface area (Å²) >= 11 is 0. The maximum Gasteiger partial charge on any atom is 0.407 e. The molecular weight excluding hydrogens is 424 g/mol. The van der Waals surface area contributed by atoms with Crippen LogP contribution in [0, 0.1) is 0 Å². The van der Waals surface area contributed by atoms with Crippen LogP contribution >= 0.6 is 0 Å². The fourth-order valence-corrected chi connectivity index (χ4v) is 3.34. The Kier molecular flexibility index (Phi) is 8.99. The number of ether oxygens (including phenoxy) is 1. The Morgan fingerprint density at radius 1 is 0.939 bits per heavy atom. The summed E-state index contributed by atoms with van der Waals surface area (Å²) in [6.07, 6.45) is -2.36. The van der Waals surface area contributed by atoms with Crippen molar-refractivity contribution in [3.8, 4) is 0 Å². The highest BCUT2D eigenvalue weighted by atomic mass is 16.6. The van der Waals surface area contributed by atoms with Crippen molar-refractivity contribution in [1.29, 1.82) is 0 Å². The monoisotopic (exact) mass is 456 g/mol. The van der Waals surface area contributed by atoms with E-state index in [9.17, 15) is 24.6 Å². The minimum atomic E-state index is -1.71. The molecule has 0 fully saturated rings. The molecule has 2 unspecified atom stereocenters. The van der Waals surface area contributed by atoms with Gasteiger partial charge in [0.05, 0.1) is 6.04 Å². The highest BCUT2D eigenvalue weighted by Gasteiger charge is 2.34. The molecule has 0 spiro atoms. The van der Waals surface area contributed by atoms with E-state index in [1.807, 2.05) is 12.1 Å². The first-order chi connectivity index (χ1) is 15.5. The molecule has 4 atom stereocenters. The van der Waals surface area contributed by atoms with E-state index in [0.717, 1.165) is 11.1 Å². The number of rotatable bonds is 9. The third-order valence-corrected chi connectivity index (χ3v) is 5.04. The van der Waals surface area contributed by atoms with E-state index in [1.54, 1.807) is 76.2 Å². The number of aliphatic hydroxyl groups is 1. The summed E-state index contributed by atoms with van der Waals surface area (Å²) in [6.45, 7) is 6.78. The van der Waals surface area contributed by atoms with Gasteiger partial charge in [-0.15, -0.1) is 0 Å². The Morgan fingerprint density at radius 3 is 2.00 bits per heavy atom. The van der Waals surface area contributed by atoms with Crippen LogP contribution in [0.4, 0.5) is 4.79 Å². The maximum absolute atomic E-state index is 12.9. The number of carboxylic acids is 1. The molecule has 0 aliphatic heterocycles. The lowest BCUT2D eigenvalue weighted by Gasteiger charge is -2.28. The quantitative estimate of drug-likeness (QED) is 0.460. The van der Waals surface area contributed by atoms with Crippen LogP contribution in [0.1, 0.15) is 44.7 Å². The lowest BCUT2D eigenvalue weighted by atomic mass is 9.92. The van der Waals surface area contributed by atoms with Crippen molar-refractivity contribution in [2.75, 3.05) is 0 Å². The Bertz CT molecular complexity index is 927. The van der Waals surface area contributed by atoms with Gasteiger partial charge in [0.2, 0.25) is 0 Å². The van der Waals surface area contributed by atoms with Crippen LogP contribution in [0.15, 0.2) is 60.7 Å². The summed E-state index contributed by atoms with van der Waals surface area (Å²) in [5, 5.41) is 25.5. The van der Waals surface area contributed by atoms with Crippen LogP contribution in [0.5, 0.6) is 0 Å². The van der Waals surface area contributed by atoms with Gasteiger partial charge in [-0.2, -0.15) is 0 Å². The van der Waals surface area contributed by atoms with Gasteiger partial charge in [0.25, 0.3) is 5.91 Å². The Balaban J connectivity index is 2.19. The highest BCUT2D eigenvalue weighted by Crippen LogP contribution is 2.20. The van der Waals surface area contributed by atoms with Crippen molar-refractivity contribution < 1.29 is 29.3 Å². The van der Waals surface area contributed by atoms with Crippen LogP contribution in [-0.2, 0) is 20.7 Å². The molecule has 0 aromatic heterocycles. The van der Waals surface area contributed by atoms with Gasteiger partial charge in [0.1, 0.15) is 11.6 Å². The number of benzene rings is 2. The van der Waals surface area contributed by atoms with Gasteiger partial charge in [-0.3, -0.25) is 4.79 Å². The third kappa shape index (κ3) is 8.23. The van der Waals surface area contributed by atoms with Gasteiger partial charge >= 0.3 is 12.1 Å². The molecule has 0 aliphatic carbocycles. The average Bonchev–Trinajstić information content (AvgIpc) is 2.75. The normalized spacial score (nSPS) is 14.9. The van der Waals surface area contributed by atoms with Gasteiger partial charge < -0.3 is 25.6 Å². The first-order valence-electron chi connectivity index (χ1n) is 10.8. The first-order valence-corrected chi connectivity index (χ1v) is 10.8. The molecule has 0 aliphatic rings. The second kappa shape index (κ2) is 11.5. The van der Waals surface area contributed by atoms with E-state index in [-0.39, 0.29) is 6.42 Å². The molecule has 2 rings (SSSR count). The summed E-state index contributed by atoms with van der Waals surface area (Å²) in [5.41, 5.74) is 0.735. The zero-order chi connectivity index (χ0) is 24.6. The predicted octanol–water partition coefficient (Wildman–Crippen LogP) is 2.86. The zero-order valence-electron chi connectivity index (χ0n) is 19.3. The van der Waals surface area contributed by atoms with Crippen LogP contribution < -0.4 is 10.6 Å². The minimum Gasteiger partial charge on any atom is -0.480 e. The first kappa shape index (κ1) is 25.9. The number of nitrogens with one attached hydrogen (secondary N) is 2. The lowest BCUT2D eigenvalue weighted by molar-refractivity contribution is -0.144. The number of carboxylic acid groups (broad SMARTS) is 1. The number of amides is 2. The van der Waals surface area contributed by atoms with Gasteiger partial charge in [-0.1, -0.05) is 67.6 Å². The molecule has 2 aromatic carbocycles. The molecule has 8 nitrogen and oxygen atoms in total. The summed E-state index contributed by atoms with van der Waals surface area (Å²) in [7, 11) is 0. The number of alkyl carbamates (subject to hydrolysis) is 1. The lowest BCUT2D eigenvalue weighted by Crippen LogP contribution is -2.55. The molecule has 0 heterocycles. The van der Waals surface area contributed by atoms with E-state index in [1.165, 1.54) is 0 Å².